The van der Waals surface area contributed by atoms with Gasteiger partial charge in [0.25, 0.3) is 5.56 Å². The maximum atomic E-state index is 12.3. The SMILES string of the molecule is Cc1ccc(NC(=O)Cn2c(C)cc(=O)n3nc(C)cc23)cc1. The molecule has 2 heterocycles. The number of aromatic nitrogens is 3. The number of benzene rings is 1. The van der Waals surface area contributed by atoms with E-state index in [9.17, 15) is 9.59 Å². The summed E-state index contributed by atoms with van der Waals surface area (Å²) in [7, 11) is 0. The maximum Gasteiger partial charge on any atom is 0.274 e. The number of nitrogens with zero attached hydrogens (tertiary/aromatic N) is 3. The Morgan fingerprint density at radius 3 is 2.52 bits per heavy atom. The van der Waals surface area contributed by atoms with Crippen molar-refractivity contribution in [2.75, 3.05) is 5.32 Å². The molecule has 23 heavy (non-hydrogen) atoms. The van der Waals surface area contributed by atoms with Crippen LogP contribution in [0.2, 0.25) is 0 Å². The minimum Gasteiger partial charge on any atom is -0.325 e. The van der Waals surface area contributed by atoms with Crippen molar-refractivity contribution in [1.29, 1.82) is 0 Å². The van der Waals surface area contributed by atoms with E-state index < -0.39 is 0 Å². The van der Waals surface area contributed by atoms with Crippen molar-refractivity contribution in [3.63, 3.8) is 0 Å². The summed E-state index contributed by atoms with van der Waals surface area (Å²) in [4.78, 5) is 24.3. The Bertz CT molecular complexity index is 936. The normalized spacial score (nSPS) is 10.9. The fourth-order valence-corrected chi connectivity index (χ4v) is 2.53. The second kappa shape index (κ2) is 5.72. The van der Waals surface area contributed by atoms with E-state index in [1.165, 1.54) is 10.6 Å². The van der Waals surface area contributed by atoms with Crippen LogP contribution in [0.5, 0.6) is 0 Å². The summed E-state index contributed by atoms with van der Waals surface area (Å²) in [5.41, 5.74) is 3.77. The highest BCUT2D eigenvalue weighted by atomic mass is 16.2. The summed E-state index contributed by atoms with van der Waals surface area (Å²) in [5.74, 6) is -0.152. The monoisotopic (exact) mass is 310 g/mol. The second-order valence-corrected chi connectivity index (χ2v) is 5.68. The number of hydrogen-bond donors (Lipinski definition) is 1. The molecule has 0 saturated carbocycles. The molecule has 0 saturated heterocycles. The third-order valence-corrected chi connectivity index (χ3v) is 3.69. The molecule has 0 spiro atoms. The molecule has 0 unspecified atom stereocenters. The molecular formula is C17H18N4O2. The van der Waals surface area contributed by atoms with Gasteiger partial charge in [0.2, 0.25) is 5.91 Å². The zero-order chi connectivity index (χ0) is 16.6. The van der Waals surface area contributed by atoms with E-state index in [-0.39, 0.29) is 18.0 Å². The van der Waals surface area contributed by atoms with Crippen molar-refractivity contribution in [3.05, 3.63) is 63.7 Å². The molecule has 6 nitrogen and oxygen atoms in total. The zero-order valence-electron chi connectivity index (χ0n) is 13.3. The fraction of sp³-hybridized carbons (Fsp3) is 0.235. The van der Waals surface area contributed by atoms with Crippen molar-refractivity contribution in [2.45, 2.75) is 27.3 Å². The van der Waals surface area contributed by atoms with Gasteiger partial charge in [0.05, 0.1) is 5.69 Å². The summed E-state index contributed by atoms with van der Waals surface area (Å²) in [5, 5.41) is 7.03. The fourth-order valence-electron chi connectivity index (χ4n) is 2.53. The molecule has 0 fully saturated rings. The third-order valence-electron chi connectivity index (χ3n) is 3.69. The van der Waals surface area contributed by atoms with Crippen molar-refractivity contribution >= 4 is 17.2 Å². The molecule has 2 aromatic heterocycles. The Morgan fingerprint density at radius 2 is 1.83 bits per heavy atom. The summed E-state index contributed by atoms with van der Waals surface area (Å²) in [6, 6.07) is 10.9. The van der Waals surface area contributed by atoms with Gasteiger partial charge in [-0.15, -0.1) is 0 Å². The summed E-state index contributed by atoms with van der Waals surface area (Å²) >= 11 is 0. The Hall–Kier alpha value is -2.89. The van der Waals surface area contributed by atoms with Gasteiger partial charge >= 0.3 is 0 Å². The molecule has 3 rings (SSSR count). The number of nitrogens with one attached hydrogen (secondary N) is 1. The van der Waals surface area contributed by atoms with Gasteiger partial charge < -0.3 is 9.88 Å². The van der Waals surface area contributed by atoms with E-state index in [0.29, 0.717) is 5.65 Å². The molecule has 118 valence electrons. The zero-order valence-corrected chi connectivity index (χ0v) is 13.3. The highest BCUT2D eigenvalue weighted by molar-refractivity contribution is 5.90. The first-order valence-corrected chi connectivity index (χ1v) is 7.37. The lowest BCUT2D eigenvalue weighted by Gasteiger charge is -2.12. The van der Waals surface area contributed by atoms with Gasteiger partial charge in [-0.25, -0.2) is 0 Å². The molecule has 0 aliphatic heterocycles. The van der Waals surface area contributed by atoms with Gasteiger partial charge in [-0.3, -0.25) is 9.59 Å². The van der Waals surface area contributed by atoms with E-state index in [1.807, 2.05) is 45.0 Å². The lowest BCUT2D eigenvalue weighted by molar-refractivity contribution is -0.116. The predicted octanol–water partition coefficient (Wildman–Crippen LogP) is 2.06. The van der Waals surface area contributed by atoms with Gasteiger partial charge in [0.1, 0.15) is 12.2 Å². The highest BCUT2D eigenvalue weighted by Gasteiger charge is 2.12. The van der Waals surface area contributed by atoms with Crippen LogP contribution in [-0.4, -0.2) is 20.1 Å². The summed E-state index contributed by atoms with van der Waals surface area (Å²) < 4.78 is 3.10. The average molecular weight is 310 g/mol. The lowest BCUT2D eigenvalue weighted by Crippen LogP contribution is -2.25. The number of carbonyl (C=O) groups excluding carboxylic acids is 1. The molecule has 1 N–H and O–H groups in total. The number of carbonyl (C=O) groups is 1. The Labute approximate surface area is 133 Å². The van der Waals surface area contributed by atoms with Crippen LogP contribution in [0.1, 0.15) is 17.0 Å². The average Bonchev–Trinajstić information content (AvgIpc) is 2.88. The first-order valence-electron chi connectivity index (χ1n) is 7.37. The molecular weight excluding hydrogens is 292 g/mol. The molecule has 6 heteroatoms. The standard InChI is InChI=1S/C17H18N4O2/c1-11-4-6-14(7-5-11)18-15(22)10-20-13(3)9-17(23)21-16(20)8-12(2)19-21/h4-9H,10H2,1-3H3,(H,18,22). The van der Waals surface area contributed by atoms with E-state index in [4.69, 9.17) is 0 Å². The number of amides is 1. The topological polar surface area (TPSA) is 68.4 Å². The van der Waals surface area contributed by atoms with Crippen LogP contribution in [0.4, 0.5) is 5.69 Å². The lowest BCUT2D eigenvalue weighted by atomic mass is 10.2. The van der Waals surface area contributed by atoms with Gasteiger partial charge in [0, 0.05) is 23.5 Å². The van der Waals surface area contributed by atoms with Crippen molar-refractivity contribution < 1.29 is 4.79 Å². The Kier molecular flexibility index (Phi) is 3.73. The van der Waals surface area contributed by atoms with Gasteiger partial charge in [0.15, 0.2) is 0 Å². The molecule has 0 radical (unpaired) electrons. The van der Waals surface area contributed by atoms with Crippen LogP contribution in [0, 0.1) is 20.8 Å². The Balaban J connectivity index is 1.90. The van der Waals surface area contributed by atoms with E-state index in [0.717, 1.165) is 22.6 Å². The molecule has 0 aliphatic rings. The van der Waals surface area contributed by atoms with E-state index >= 15 is 0 Å². The minimum absolute atomic E-state index is 0.120. The minimum atomic E-state index is -0.194. The second-order valence-electron chi connectivity index (χ2n) is 5.68. The van der Waals surface area contributed by atoms with Crippen molar-refractivity contribution in [2.24, 2.45) is 0 Å². The molecule has 0 aliphatic carbocycles. The number of anilines is 1. The first kappa shape index (κ1) is 15.0. The van der Waals surface area contributed by atoms with E-state index in [1.54, 1.807) is 10.6 Å². The van der Waals surface area contributed by atoms with Gasteiger partial charge in [-0.2, -0.15) is 9.61 Å². The largest absolute Gasteiger partial charge is 0.325 e. The molecule has 0 atom stereocenters. The van der Waals surface area contributed by atoms with Crippen molar-refractivity contribution in [1.82, 2.24) is 14.2 Å². The van der Waals surface area contributed by atoms with Crippen LogP contribution >= 0.6 is 0 Å². The summed E-state index contributed by atoms with van der Waals surface area (Å²) in [6.45, 7) is 5.74. The number of fused-ring (bicyclic) bond motifs is 1. The van der Waals surface area contributed by atoms with Crippen LogP contribution in [-0.2, 0) is 11.3 Å². The third kappa shape index (κ3) is 3.01. The van der Waals surface area contributed by atoms with Crippen LogP contribution in [0.15, 0.2) is 41.2 Å². The van der Waals surface area contributed by atoms with Crippen LogP contribution in [0.3, 0.4) is 0 Å². The Morgan fingerprint density at radius 1 is 1.13 bits per heavy atom. The highest BCUT2D eigenvalue weighted by Crippen LogP contribution is 2.11. The smallest absolute Gasteiger partial charge is 0.274 e. The predicted molar refractivity (Wildman–Crippen MR) is 88.7 cm³/mol. The van der Waals surface area contributed by atoms with Crippen LogP contribution in [0.25, 0.3) is 5.65 Å². The molecule has 0 bridgehead atoms. The van der Waals surface area contributed by atoms with Gasteiger partial charge in [-0.05, 0) is 32.9 Å². The number of hydrogen-bond acceptors (Lipinski definition) is 3. The summed E-state index contributed by atoms with van der Waals surface area (Å²) in [6.07, 6.45) is 0. The quantitative estimate of drug-likeness (QED) is 0.805. The number of aryl methyl sites for hydroxylation is 3. The molecule has 3 aromatic rings. The van der Waals surface area contributed by atoms with Crippen molar-refractivity contribution in [3.8, 4) is 0 Å². The van der Waals surface area contributed by atoms with Crippen LogP contribution < -0.4 is 10.9 Å². The molecule has 1 amide bonds. The number of rotatable bonds is 3. The maximum absolute atomic E-state index is 12.3. The van der Waals surface area contributed by atoms with E-state index in [2.05, 4.69) is 10.4 Å². The first-order chi connectivity index (χ1) is 10.9. The van der Waals surface area contributed by atoms with Gasteiger partial charge in [-0.1, -0.05) is 17.7 Å². The molecule has 1 aromatic carbocycles.